The van der Waals surface area contributed by atoms with Crippen LogP contribution in [0.5, 0.6) is 5.75 Å². The van der Waals surface area contributed by atoms with Crippen LogP contribution in [-0.2, 0) is 4.79 Å². The van der Waals surface area contributed by atoms with Gasteiger partial charge in [-0.3, -0.25) is 4.79 Å². The van der Waals surface area contributed by atoms with Crippen LogP contribution in [0.3, 0.4) is 0 Å². The molecule has 4 aliphatic carbocycles. The molecule has 3 aromatic rings. The molecular formula is C31H33IO2S. The van der Waals surface area contributed by atoms with Gasteiger partial charge in [0, 0.05) is 3.76 Å². The molecule has 3 aromatic carbocycles. The highest BCUT2D eigenvalue weighted by Gasteiger charge is 2.62. The van der Waals surface area contributed by atoms with E-state index in [1.54, 1.807) is 0 Å². The minimum Gasteiger partial charge on any atom is -0.426 e. The third kappa shape index (κ3) is 3.69. The number of ether oxygens (including phenoxy) is 1. The highest BCUT2D eigenvalue weighted by molar-refractivity contribution is 14.1. The Balaban J connectivity index is 1.40. The summed E-state index contributed by atoms with van der Waals surface area (Å²) in [6, 6.07) is 26.4. The number of rotatable bonds is 6. The third-order valence-corrected chi connectivity index (χ3v) is 15.2. The van der Waals surface area contributed by atoms with Crippen LogP contribution in [0.15, 0.2) is 87.5 Å². The van der Waals surface area contributed by atoms with Crippen molar-refractivity contribution in [1.82, 2.24) is 0 Å². The van der Waals surface area contributed by atoms with Gasteiger partial charge >= 0.3 is 5.97 Å². The van der Waals surface area contributed by atoms with Crippen LogP contribution < -0.4 is 4.74 Å². The summed E-state index contributed by atoms with van der Waals surface area (Å²) in [6.45, 7) is 4.23. The van der Waals surface area contributed by atoms with E-state index >= 15 is 0 Å². The SMILES string of the molecule is Cc1cc(S(CI)(c2ccccc2)c2ccccc2)cc(C)c1OC(=O)C12CC3CC(CC1C3)C2. The van der Waals surface area contributed by atoms with Gasteiger partial charge in [-0.05, 0) is 126 Å². The van der Waals surface area contributed by atoms with Crippen LogP contribution in [-0.4, -0.2) is 9.73 Å². The second-order valence-electron chi connectivity index (χ2n) is 11.0. The van der Waals surface area contributed by atoms with E-state index in [0.717, 1.165) is 45.3 Å². The quantitative estimate of drug-likeness (QED) is 0.123. The molecule has 4 aliphatic rings. The van der Waals surface area contributed by atoms with Crippen LogP contribution in [0.2, 0.25) is 0 Å². The maximum Gasteiger partial charge on any atom is 0.317 e. The van der Waals surface area contributed by atoms with E-state index in [2.05, 4.69) is 109 Å². The molecule has 0 aliphatic heterocycles. The highest BCUT2D eigenvalue weighted by Crippen LogP contribution is 2.70. The van der Waals surface area contributed by atoms with E-state index < -0.39 is 10.0 Å². The number of hydrogen-bond acceptors (Lipinski definition) is 2. The molecule has 0 heterocycles. The maximum absolute atomic E-state index is 13.7. The lowest BCUT2D eigenvalue weighted by Crippen LogP contribution is -2.36. The van der Waals surface area contributed by atoms with E-state index in [-0.39, 0.29) is 11.4 Å². The van der Waals surface area contributed by atoms with Gasteiger partial charge in [-0.1, -0.05) is 59.0 Å². The molecule has 0 saturated heterocycles. The zero-order valence-electron chi connectivity index (χ0n) is 20.5. The van der Waals surface area contributed by atoms with Crippen LogP contribution in [0.4, 0.5) is 0 Å². The predicted octanol–water partition coefficient (Wildman–Crippen LogP) is 8.71. The molecule has 35 heavy (non-hydrogen) atoms. The van der Waals surface area contributed by atoms with Gasteiger partial charge in [0.2, 0.25) is 0 Å². The Morgan fingerprint density at radius 3 is 1.86 bits per heavy atom. The van der Waals surface area contributed by atoms with Crippen molar-refractivity contribution in [2.45, 2.75) is 60.6 Å². The summed E-state index contributed by atoms with van der Waals surface area (Å²) in [4.78, 5) is 17.7. The summed E-state index contributed by atoms with van der Waals surface area (Å²) < 4.78 is 7.31. The first-order chi connectivity index (χ1) is 17.0. The summed E-state index contributed by atoms with van der Waals surface area (Å²) in [7, 11) is -1.45. The molecule has 4 fully saturated rings. The van der Waals surface area contributed by atoms with E-state index in [0.29, 0.717) is 5.92 Å². The lowest BCUT2D eigenvalue weighted by atomic mass is 9.75. The van der Waals surface area contributed by atoms with Gasteiger partial charge in [-0.15, -0.1) is 0 Å². The van der Waals surface area contributed by atoms with Crippen molar-refractivity contribution in [2.75, 3.05) is 3.76 Å². The minimum atomic E-state index is -1.45. The van der Waals surface area contributed by atoms with E-state index in [1.165, 1.54) is 33.9 Å². The molecule has 4 saturated carbocycles. The first-order valence-electron chi connectivity index (χ1n) is 12.8. The van der Waals surface area contributed by atoms with Crippen molar-refractivity contribution in [3.05, 3.63) is 83.9 Å². The largest absolute Gasteiger partial charge is 0.426 e. The van der Waals surface area contributed by atoms with Gasteiger partial charge in [-0.2, -0.15) is 10.0 Å². The van der Waals surface area contributed by atoms with Crippen molar-refractivity contribution in [3.8, 4) is 5.75 Å². The van der Waals surface area contributed by atoms with Gasteiger partial charge in [-0.25, -0.2) is 0 Å². The number of carbonyl (C=O) groups excluding carboxylic acids is 1. The molecule has 7 rings (SSSR count). The molecular weight excluding hydrogens is 563 g/mol. The number of halogens is 1. The third-order valence-electron chi connectivity index (χ3n) is 8.88. The predicted molar refractivity (Wildman–Crippen MR) is 152 cm³/mol. The Hall–Kier alpha value is -1.79. The second kappa shape index (κ2) is 8.95. The van der Waals surface area contributed by atoms with Crippen molar-refractivity contribution < 1.29 is 9.53 Å². The van der Waals surface area contributed by atoms with Crippen molar-refractivity contribution in [2.24, 2.45) is 23.2 Å². The van der Waals surface area contributed by atoms with Gasteiger partial charge in [0.15, 0.2) is 0 Å². The average molecular weight is 597 g/mol. The van der Waals surface area contributed by atoms with Crippen LogP contribution in [0, 0.1) is 37.0 Å². The summed E-state index contributed by atoms with van der Waals surface area (Å²) >= 11 is 2.56. The van der Waals surface area contributed by atoms with Crippen LogP contribution >= 0.6 is 32.6 Å². The number of benzene rings is 3. The maximum atomic E-state index is 13.7. The first kappa shape index (κ1) is 23.6. The number of aryl methyl sites for hydroxylation is 2. The monoisotopic (exact) mass is 596 g/mol. The Bertz CT molecular complexity index is 1180. The smallest absolute Gasteiger partial charge is 0.317 e. The Kier molecular flexibility index (Phi) is 6.03. The summed E-state index contributed by atoms with van der Waals surface area (Å²) in [5.74, 6) is 2.86. The molecule has 2 unspecified atom stereocenters. The Morgan fingerprint density at radius 2 is 1.37 bits per heavy atom. The molecule has 0 amide bonds. The average Bonchev–Trinajstić information content (AvgIpc) is 3.28. The molecule has 2 nitrogen and oxygen atoms in total. The molecule has 2 atom stereocenters. The fraction of sp³-hybridized carbons (Fsp3) is 0.387. The Labute approximate surface area is 224 Å². The molecule has 0 N–H and O–H groups in total. The first-order valence-corrected chi connectivity index (χ1v) is 16.1. The fourth-order valence-corrected chi connectivity index (χ4v) is 13.9. The van der Waals surface area contributed by atoms with E-state index in [9.17, 15) is 4.79 Å². The topological polar surface area (TPSA) is 26.3 Å². The molecule has 4 heteroatoms. The van der Waals surface area contributed by atoms with Crippen molar-refractivity contribution >= 4 is 38.6 Å². The van der Waals surface area contributed by atoms with E-state index in [1.807, 2.05) is 0 Å². The zero-order chi connectivity index (χ0) is 24.2. The molecule has 0 spiro atoms. The zero-order valence-corrected chi connectivity index (χ0v) is 23.5. The summed E-state index contributed by atoms with van der Waals surface area (Å²) in [5, 5.41) is 0. The molecule has 4 bridgehead atoms. The lowest BCUT2D eigenvalue weighted by molar-refractivity contribution is -0.148. The highest BCUT2D eigenvalue weighted by atomic mass is 127. The molecule has 0 radical (unpaired) electrons. The lowest BCUT2D eigenvalue weighted by Gasteiger charge is -2.40. The van der Waals surface area contributed by atoms with Gasteiger partial charge in [0.25, 0.3) is 0 Å². The standard InChI is InChI=1S/C31H33IO2S/c1-21-13-28(35(20-32,26-9-5-3-6-10-26)27-11-7-4-8-12-27)14-22(2)29(21)34-30(33)31-18-23-15-24(19-31)17-25(31)16-23/h3-14,23-25H,15-20H2,1-2H3. The van der Waals surface area contributed by atoms with E-state index in [4.69, 9.17) is 4.74 Å². The van der Waals surface area contributed by atoms with Crippen molar-refractivity contribution in [3.63, 3.8) is 0 Å². The fourth-order valence-electron chi connectivity index (χ4n) is 7.50. The number of alkyl halides is 1. The number of carbonyl (C=O) groups is 1. The van der Waals surface area contributed by atoms with Crippen LogP contribution in [0.25, 0.3) is 0 Å². The normalized spacial score (nSPS) is 27.2. The molecule has 0 aromatic heterocycles. The van der Waals surface area contributed by atoms with Gasteiger partial charge in [0.1, 0.15) is 5.75 Å². The van der Waals surface area contributed by atoms with Gasteiger partial charge in [0.05, 0.1) is 5.41 Å². The van der Waals surface area contributed by atoms with Crippen LogP contribution in [0.1, 0.15) is 43.2 Å². The molecule has 182 valence electrons. The minimum absolute atomic E-state index is 0.0461. The second-order valence-corrected chi connectivity index (χ2v) is 15.9. The Morgan fingerprint density at radius 1 is 0.857 bits per heavy atom. The van der Waals surface area contributed by atoms with Gasteiger partial charge < -0.3 is 4.74 Å². The number of hydrogen-bond donors (Lipinski definition) is 0. The summed E-state index contributed by atoms with van der Waals surface area (Å²) in [6.07, 6.45) is 5.90. The summed E-state index contributed by atoms with van der Waals surface area (Å²) in [5.41, 5.74) is 1.92. The number of esters is 1. The van der Waals surface area contributed by atoms with Crippen molar-refractivity contribution in [1.29, 1.82) is 0 Å².